The van der Waals surface area contributed by atoms with E-state index in [4.69, 9.17) is 4.98 Å². The number of hydrogen-bond donors (Lipinski definition) is 0. The van der Waals surface area contributed by atoms with Crippen LogP contribution in [0.4, 0.5) is 0 Å². The zero-order chi connectivity index (χ0) is 17.0. The first-order valence-corrected chi connectivity index (χ1v) is 13.4. The van der Waals surface area contributed by atoms with Crippen molar-refractivity contribution in [3.8, 4) is 0 Å². The normalized spacial score (nSPS) is 11.8. The molecule has 3 heteroatoms. The molecule has 0 saturated carbocycles. The second kappa shape index (κ2) is 12.6. The van der Waals surface area contributed by atoms with Crippen molar-refractivity contribution in [2.24, 2.45) is 0 Å². The van der Waals surface area contributed by atoms with Gasteiger partial charge in [0, 0.05) is 0 Å². The molecule has 1 rings (SSSR count). The van der Waals surface area contributed by atoms with Gasteiger partial charge in [-0.05, 0) is 0 Å². The van der Waals surface area contributed by atoms with E-state index in [9.17, 15) is 0 Å². The molecule has 0 atom stereocenters. The molecule has 0 saturated heterocycles. The van der Waals surface area contributed by atoms with Gasteiger partial charge in [-0.3, -0.25) is 0 Å². The van der Waals surface area contributed by atoms with E-state index in [1.807, 2.05) is 18.0 Å². The van der Waals surface area contributed by atoms with Crippen molar-refractivity contribution in [1.82, 2.24) is 4.98 Å². The molecule has 0 unspecified atom stereocenters. The molecule has 1 aromatic heterocycles. The Labute approximate surface area is 159 Å². The summed E-state index contributed by atoms with van der Waals surface area (Å²) in [5.41, 5.74) is 0. The number of aromatic nitrogens is 1. The Balaban J connectivity index is 3.00. The Morgan fingerprint density at radius 1 is 0.957 bits per heavy atom. The number of unbranched alkanes of at least 4 members (excludes halogenated alkanes) is 3. The van der Waals surface area contributed by atoms with Gasteiger partial charge in [0.25, 0.3) is 0 Å². The molecule has 23 heavy (non-hydrogen) atoms. The first-order chi connectivity index (χ1) is 11.2. The zero-order valence-corrected chi connectivity index (χ0v) is 19.3. The van der Waals surface area contributed by atoms with E-state index in [0.29, 0.717) is 3.43 Å². The van der Waals surface area contributed by atoms with Crippen LogP contribution in [-0.2, 0) is 0 Å². The average Bonchev–Trinajstić information content (AvgIpc) is 2.58. The third-order valence-corrected chi connectivity index (χ3v) is 11.4. The van der Waals surface area contributed by atoms with E-state index in [-0.39, 0.29) is 0 Å². The molecule has 0 aliphatic carbocycles. The molecule has 0 N–H and O–H groups in total. The maximum absolute atomic E-state index is 4.86. The van der Waals surface area contributed by atoms with Crippen LogP contribution in [0, 0.1) is 0 Å². The molecule has 0 spiro atoms. The minimum absolute atomic E-state index is 0.642. The van der Waals surface area contributed by atoms with Gasteiger partial charge < -0.3 is 0 Å². The molecule has 0 fully saturated rings. The summed E-state index contributed by atoms with van der Waals surface area (Å²) in [4.78, 5) is 6.34. The van der Waals surface area contributed by atoms with Crippen LogP contribution in [0.5, 0.6) is 0 Å². The molecule has 1 heterocycles. The van der Waals surface area contributed by atoms with Gasteiger partial charge in [-0.2, -0.15) is 0 Å². The van der Waals surface area contributed by atoms with Gasteiger partial charge in [-0.25, -0.2) is 0 Å². The fourth-order valence-electron chi connectivity index (χ4n) is 3.12. The fourth-order valence-corrected chi connectivity index (χ4v) is 9.76. The standard InChI is InChI=1S/C13H27.C7H8NS.Sn/c1-4-7-10-13(11-8-5-2)12-9-6-3;1-2-9-7-4-3-5-8-6-7;/h4-12H2,1-3H3;3-5H,2H2,1H3;. The minimum atomic E-state index is -0.688. The summed E-state index contributed by atoms with van der Waals surface area (Å²) in [7, 11) is 0. The Bertz CT molecular complexity index is 400. The first-order valence-electron chi connectivity index (χ1n) is 9.57. The molecule has 130 valence electrons. The molecule has 0 aliphatic rings. The van der Waals surface area contributed by atoms with Gasteiger partial charge in [-0.15, -0.1) is 0 Å². The van der Waals surface area contributed by atoms with Crippen LogP contribution in [0.15, 0.2) is 23.2 Å². The van der Waals surface area contributed by atoms with E-state index in [0.717, 1.165) is 5.75 Å². The third-order valence-electron chi connectivity index (χ3n) is 4.48. The second-order valence-corrected chi connectivity index (χ2v) is 12.9. The van der Waals surface area contributed by atoms with Gasteiger partial charge in [0.2, 0.25) is 0 Å². The molecule has 0 aliphatic heterocycles. The molecular formula is C20H35NSSn. The van der Waals surface area contributed by atoms with Gasteiger partial charge in [0.05, 0.1) is 0 Å². The van der Waals surface area contributed by atoms with Gasteiger partial charge >= 0.3 is 159 Å². The van der Waals surface area contributed by atoms with Crippen molar-refractivity contribution in [3.63, 3.8) is 0 Å². The summed E-state index contributed by atoms with van der Waals surface area (Å²) in [6.45, 7) is 9.28. The Kier molecular flexibility index (Phi) is 11.7. The monoisotopic (exact) mass is 441 g/mol. The maximum atomic E-state index is 4.86. The molecule has 1 aromatic rings. The third kappa shape index (κ3) is 7.81. The van der Waals surface area contributed by atoms with Crippen molar-refractivity contribution in [2.45, 2.75) is 93.8 Å². The molecule has 1 nitrogen and oxygen atoms in total. The first kappa shape index (κ1) is 21.3. The van der Waals surface area contributed by atoms with Crippen LogP contribution >= 0.6 is 11.8 Å². The summed E-state index contributed by atoms with van der Waals surface area (Å²) < 4.78 is 2.16. The van der Waals surface area contributed by atoms with Crippen molar-refractivity contribution in [3.05, 3.63) is 18.3 Å². The predicted octanol–water partition coefficient (Wildman–Crippen LogP) is 6.25. The van der Waals surface area contributed by atoms with Crippen molar-refractivity contribution in [2.75, 3.05) is 5.75 Å². The number of nitrogens with zero attached hydrogens (tertiary/aromatic N) is 1. The summed E-state index contributed by atoms with van der Waals surface area (Å²) in [5.74, 6) is 1.16. The number of hydrogen-bond acceptors (Lipinski definition) is 2. The van der Waals surface area contributed by atoms with E-state index in [1.165, 1.54) is 66.4 Å². The molecule has 2 radical (unpaired) electrons. The molecule has 0 aromatic carbocycles. The van der Waals surface area contributed by atoms with Crippen LogP contribution in [0.25, 0.3) is 0 Å². The number of pyridine rings is 1. The predicted molar refractivity (Wildman–Crippen MR) is 107 cm³/mol. The van der Waals surface area contributed by atoms with Crippen molar-refractivity contribution < 1.29 is 0 Å². The van der Waals surface area contributed by atoms with E-state index >= 15 is 0 Å². The quantitative estimate of drug-likeness (QED) is 0.266. The van der Waals surface area contributed by atoms with Crippen LogP contribution in [0.2, 0.25) is 3.43 Å². The van der Waals surface area contributed by atoms with E-state index < -0.39 is 21.1 Å². The Hall–Kier alpha value is 0.299. The number of thioether (sulfide) groups is 1. The van der Waals surface area contributed by atoms with Crippen LogP contribution in [0.3, 0.4) is 0 Å². The molecule has 0 amide bonds. The summed E-state index contributed by atoms with van der Waals surface area (Å²) >= 11 is 1.31. The van der Waals surface area contributed by atoms with Crippen LogP contribution < -0.4 is 3.71 Å². The summed E-state index contributed by atoms with van der Waals surface area (Å²) in [6, 6.07) is 4.42. The molecular weight excluding hydrogens is 405 g/mol. The van der Waals surface area contributed by atoms with Crippen molar-refractivity contribution >= 4 is 36.6 Å². The summed E-state index contributed by atoms with van der Waals surface area (Å²) in [5, 5.41) is 0. The fraction of sp³-hybridized carbons (Fsp3) is 0.750. The Morgan fingerprint density at radius 2 is 1.52 bits per heavy atom. The SMILES string of the molecule is CCCC[C](CCCC)(CCCC)[Sn][c]1ncccc1SCC. The molecule has 0 bridgehead atoms. The Morgan fingerprint density at radius 3 is 2.00 bits per heavy atom. The van der Waals surface area contributed by atoms with E-state index in [2.05, 4.69) is 39.8 Å². The van der Waals surface area contributed by atoms with Crippen molar-refractivity contribution in [1.29, 1.82) is 0 Å². The topological polar surface area (TPSA) is 12.9 Å². The van der Waals surface area contributed by atoms with Gasteiger partial charge in [0.15, 0.2) is 0 Å². The number of rotatable bonds is 13. The van der Waals surface area contributed by atoms with Crippen LogP contribution in [0.1, 0.15) is 85.5 Å². The average molecular weight is 440 g/mol. The van der Waals surface area contributed by atoms with Crippen LogP contribution in [-0.4, -0.2) is 31.9 Å². The second-order valence-electron chi connectivity index (χ2n) is 6.50. The van der Waals surface area contributed by atoms with Gasteiger partial charge in [0.1, 0.15) is 0 Å². The zero-order valence-electron chi connectivity index (χ0n) is 15.7. The van der Waals surface area contributed by atoms with Gasteiger partial charge in [-0.1, -0.05) is 0 Å². The summed E-state index contributed by atoms with van der Waals surface area (Å²) in [6.07, 6.45) is 14.6. The van der Waals surface area contributed by atoms with E-state index in [1.54, 1.807) is 0 Å².